The van der Waals surface area contributed by atoms with Crippen LogP contribution in [0.5, 0.6) is 5.88 Å². The normalized spacial score (nSPS) is 26.6. The zero-order chi connectivity index (χ0) is 9.54. The van der Waals surface area contributed by atoms with Gasteiger partial charge in [-0.2, -0.15) is 0 Å². The topological polar surface area (TPSA) is 31.4 Å². The summed E-state index contributed by atoms with van der Waals surface area (Å²) < 4.78 is 11.0. The van der Waals surface area contributed by atoms with E-state index in [1.807, 2.05) is 19.2 Å². The molecule has 0 fully saturated rings. The quantitative estimate of drug-likeness (QED) is 0.668. The molecule has 3 nitrogen and oxygen atoms in total. The van der Waals surface area contributed by atoms with Crippen molar-refractivity contribution in [1.82, 2.24) is 4.98 Å². The van der Waals surface area contributed by atoms with Crippen LogP contribution >= 0.6 is 0 Å². The monoisotopic (exact) mass is 189 g/mol. The van der Waals surface area contributed by atoms with Crippen molar-refractivity contribution in [3.8, 4) is 5.88 Å². The number of nitrogens with zero attached hydrogens (tertiary/aromatic N) is 1. The molecule has 0 radical (unpaired) electrons. The van der Waals surface area contributed by atoms with Gasteiger partial charge in [-0.15, -0.1) is 0 Å². The number of pyridine rings is 1. The lowest BCUT2D eigenvalue weighted by Crippen LogP contribution is -1.99. The van der Waals surface area contributed by atoms with Crippen LogP contribution in [0.15, 0.2) is 24.4 Å². The molecule has 0 saturated heterocycles. The zero-order valence-electron chi connectivity index (χ0n) is 7.93. The summed E-state index contributed by atoms with van der Waals surface area (Å²) in [6.45, 7) is 2.61. The van der Waals surface area contributed by atoms with E-state index in [1.165, 1.54) is 11.1 Å². The highest BCUT2D eigenvalue weighted by Crippen LogP contribution is 2.45. The van der Waals surface area contributed by atoms with Gasteiger partial charge < -0.3 is 9.47 Å². The van der Waals surface area contributed by atoms with Gasteiger partial charge in [0.05, 0.1) is 6.61 Å². The van der Waals surface area contributed by atoms with Crippen LogP contribution in [0.2, 0.25) is 0 Å². The van der Waals surface area contributed by atoms with Gasteiger partial charge in [-0.05, 0) is 12.5 Å². The van der Waals surface area contributed by atoms with Crippen LogP contribution in [0.3, 0.4) is 0 Å². The second-order valence-corrected chi connectivity index (χ2v) is 3.45. The first-order valence-corrected chi connectivity index (χ1v) is 4.85. The summed E-state index contributed by atoms with van der Waals surface area (Å²) in [7, 11) is 0. The minimum atomic E-state index is 0.122. The molecule has 3 heterocycles. The Hall–Kier alpha value is -1.35. The molecule has 0 saturated carbocycles. The fraction of sp³-hybridized carbons (Fsp3) is 0.364. The molecule has 0 unspecified atom stereocenters. The van der Waals surface area contributed by atoms with E-state index in [4.69, 9.17) is 9.47 Å². The second-order valence-electron chi connectivity index (χ2n) is 3.45. The Labute approximate surface area is 82.4 Å². The van der Waals surface area contributed by atoms with Crippen LogP contribution in [0, 0.1) is 0 Å². The molecule has 3 rings (SSSR count). The highest BCUT2D eigenvalue weighted by atomic mass is 16.5. The third-order valence-electron chi connectivity index (χ3n) is 2.60. The lowest BCUT2D eigenvalue weighted by Gasteiger charge is -2.08. The molecule has 72 valence electrons. The van der Waals surface area contributed by atoms with E-state index in [-0.39, 0.29) is 12.2 Å². The minimum Gasteiger partial charge on any atom is -0.478 e. The second kappa shape index (κ2) is 2.82. The Morgan fingerprint density at radius 3 is 2.93 bits per heavy atom. The third kappa shape index (κ3) is 0.990. The molecule has 2 aliphatic rings. The smallest absolute Gasteiger partial charge is 0.213 e. The maximum atomic E-state index is 5.67. The summed E-state index contributed by atoms with van der Waals surface area (Å²) in [5.41, 5.74) is 2.39. The van der Waals surface area contributed by atoms with Gasteiger partial charge in [0.1, 0.15) is 12.2 Å². The summed E-state index contributed by atoms with van der Waals surface area (Å²) in [6, 6.07) is 1.98. The zero-order valence-corrected chi connectivity index (χ0v) is 7.93. The van der Waals surface area contributed by atoms with Crippen LogP contribution in [0.25, 0.3) is 0 Å². The lowest BCUT2D eigenvalue weighted by atomic mass is 9.99. The van der Waals surface area contributed by atoms with E-state index in [2.05, 4.69) is 17.1 Å². The first-order chi connectivity index (χ1) is 6.88. The molecule has 0 aliphatic carbocycles. The molecule has 0 amide bonds. The van der Waals surface area contributed by atoms with Crippen LogP contribution in [-0.2, 0) is 4.74 Å². The van der Waals surface area contributed by atoms with E-state index >= 15 is 0 Å². The standard InChI is InChI=1S/C11H11NO2/c1-2-13-11-5-7-8(6-12-11)10-4-3-9(7)14-10/h3-6,9-10H,2H2,1H3/t9-,10-/m1/s1. The predicted molar refractivity (Wildman–Crippen MR) is 51.1 cm³/mol. The van der Waals surface area contributed by atoms with E-state index in [9.17, 15) is 0 Å². The van der Waals surface area contributed by atoms with Gasteiger partial charge in [-0.1, -0.05) is 12.2 Å². The van der Waals surface area contributed by atoms with Crippen molar-refractivity contribution in [2.75, 3.05) is 6.61 Å². The highest BCUT2D eigenvalue weighted by Gasteiger charge is 2.34. The molecule has 3 heteroatoms. The van der Waals surface area contributed by atoms with Gasteiger partial charge in [-0.25, -0.2) is 4.98 Å². The molecule has 2 aliphatic heterocycles. The van der Waals surface area contributed by atoms with Gasteiger partial charge in [0.15, 0.2) is 0 Å². The number of fused-ring (bicyclic) bond motifs is 5. The summed E-state index contributed by atoms with van der Waals surface area (Å²) in [4.78, 5) is 4.22. The molecule has 0 aromatic carbocycles. The van der Waals surface area contributed by atoms with Crippen LogP contribution < -0.4 is 4.74 Å². The summed E-state index contributed by atoms with van der Waals surface area (Å²) >= 11 is 0. The number of rotatable bonds is 2. The van der Waals surface area contributed by atoms with E-state index < -0.39 is 0 Å². The lowest BCUT2D eigenvalue weighted by molar-refractivity contribution is 0.0878. The largest absolute Gasteiger partial charge is 0.478 e. The molecule has 14 heavy (non-hydrogen) atoms. The summed E-state index contributed by atoms with van der Waals surface area (Å²) in [6.07, 6.45) is 6.27. The van der Waals surface area contributed by atoms with E-state index in [1.54, 1.807) is 0 Å². The van der Waals surface area contributed by atoms with Crippen molar-refractivity contribution >= 4 is 0 Å². The van der Waals surface area contributed by atoms with Gasteiger partial charge in [-0.3, -0.25) is 0 Å². The average molecular weight is 189 g/mol. The Balaban J connectivity index is 2.02. The molecule has 2 atom stereocenters. The maximum absolute atomic E-state index is 5.67. The number of hydrogen-bond donors (Lipinski definition) is 0. The fourth-order valence-electron chi connectivity index (χ4n) is 1.98. The van der Waals surface area contributed by atoms with Crippen molar-refractivity contribution < 1.29 is 9.47 Å². The van der Waals surface area contributed by atoms with Crippen molar-refractivity contribution in [2.45, 2.75) is 19.1 Å². The Morgan fingerprint density at radius 2 is 2.14 bits per heavy atom. The Kier molecular flexibility index (Phi) is 1.61. The Bertz CT molecular complexity index is 400. The predicted octanol–water partition coefficient (Wildman–Crippen LogP) is 2.16. The van der Waals surface area contributed by atoms with Gasteiger partial charge in [0.2, 0.25) is 5.88 Å². The van der Waals surface area contributed by atoms with Gasteiger partial charge in [0.25, 0.3) is 0 Å². The molecule has 1 aromatic rings. The van der Waals surface area contributed by atoms with Crippen LogP contribution in [0.1, 0.15) is 30.3 Å². The average Bonchev–Trinajstić information content (AvgIpc) is 2.78. The summed E-state index contributed by atoms with van der Waals surface area (Å²) in [5, 5.41) is 0. The SMILES string of the molecule is CCOc1cc2c(cn1)[C@H]1C=C[C@H]2O1. The van der Waals surface area contributed by atoms with E-state index in [0.717, 1.165) is 0 Å². The first-order valence-electron chi connectivity index (χ1n) is 4.85. The molecule has 0 N–H and O–H groups in total. The van der Waals surface area contributed by atoms with Gasteiger partial charge in [0, 0.05) is 17.8 Å². The number of aromatic nitrogens is 1. The van der Waals surface area contributed by atoms with Crippen molar-refractivity contribution in [1.29, 1.82) is 0 Å². The first kappa shape index (κ1) is 8.00. The molecule has 0 spiro atoms. The molecule has 1 aromatic heterocycles. The molecular formula is C11H11NO2. The van der Waals surface area contributed by atoms with Crippen molar-refractivity contribution in [2.24, 2.45) is 0 Å². The highest BCUT2D eigenvalue weighted by molar-refractivity contribution is 5.43. The third-order valence-corrected chi connectivity index (χ3v) is 2.60. The molecule has 2 bridgehead atoms. The summed E-state index contributed by atoms with van der Waals surface area (Å²) in [5.74, 6) is 0.691. The Morgan fingerprint density at radius 1 is 1.36 bits per heavy atom. The molecular weight excluding hydrogens is 178 g/mol. The van der Waals surface area contributed by atoms with Crippen molar-refractivity contribution in [3.63, 3.8) is 0 Å². The number of ether oxygens (including phenoxy) is 2. The van der Waals surface area contributed by atoms with E-state index in [0.29, 0.717) is 12.5 Å². The minimum absolute atomic E-state index is 0.122. The number of hydrogen-bond acceptors (Lipinski definition) is 3. The fourth-order valence-corrected chi connectivity index (χ4v) is 1.98. The maximum Gasteiger partial charge on any atom is 0.213 e. The van der Waals surface area contributed by atoms with Gasteiger partial charge >= 0.3 is 0 Å². The van der Waals surface area contributed by atoms with Crippen LogP contribution in [-0.4, -0.2) is 11.6 Å². The van der Waals surface area contributed by atoms with Crippen LogP contribution in [0.4, 0.5) is 0 Å². The van der Waals surface area contributed by atoms with Crippen molar-refractivity contribution in [3.05, 3.63) is 35.5 Å².